The molecule has 0 aliphatic carbocycles. The van der Waals surface area contributed by atoms with Crippen molar-refractivity contribution in [3.05, 3.63) is 173 Å². The fourth-order valence-electron chi connectivity index (χ4n) is 7.06. The number of anilines is 6. The second-order valence-electron chi connectivity index (χ2n) is 15.8. The number of hydrogen-bond donors (Lipinski definition) is 4. The summed E-state index contributed by atoms with van der Waals surface area (Å²) in [6.07, 6.45) is 6.72. The number of amides is 2. The van der Waals surface area contributed by atoms with Gasteiger partial charge in [-0.25, -0.2) is 9.97 Å². The average molecular weight is 915 g/mol. The smallest absolute Gasteiger partial charge is 0.255 e. The molecule has 1 aliphatic heterocycles. The maximum absolute atomic E-state index is 13.0. The van der Waals surface area contributed by atoms with Gasteiger partial charge < -0.3 is 30.9 Å². The Kier molecular flexibility index (Phi) is 14.8. The predicted octanol–water partition coefficient (Wildman–Crippen LogP) is 10.8. The van der Waals surface area contributed by atoms with E-state index in [1.54, 1.807) is 44.0 Å². The molecule has 4 aromatic heterocycles. The largest absolute Gasteiger partial charge is 0.497 e. The lowest BCUT2D eigenvalue weighted by molar-refractivity contribution is 0.101. The van der Waals surface area contributed by atoms with Crippen LogP contribution < -0.4 is 26.0 Å². The number of likely N-dealkylation sites (N-methyl/N-ethyl adjacent to an activating group) is 1. The molecular weight excluding hydrogens is 865 g/mol. The van der Waals surface area contributed by atoms with E-state index in [1.165, 1.54) is 28.2 Å². The van der Waals surface area contributed by atoms with Crippen LogP contribution in [0.4, 0.5) is 33.0 Å². The highest BCUT2D eigenvalue weighted by molar-refractivity contribution is 7.14. The molecule has 0 spiro atoms. The van der Waals surface area contributed by atoms with Gasteiger partial charge in [0.15, 0.2) is 10.3 Å². The first-order valence-electron chi connectivity index (χ1n) is 21.4. The maximum atomic E-state index is 13.0. The van der Waals surface area contributed by atoms with Crippen molar-refractivity contribution in [1.82, 2.24) is 29.7 Å². The third-order valence-electron chi connectivity index (χ3n) is 11.0. The lowest BCUT2D eigenvalue weighted by Gasteiger charge is -2.32. The number of rotatable bonds is 13. The minimum atomic E-state index is -0.176. The number of pyridine rings is 2. The molecule has 2 amide bonds. The summed E-state index contributed by atoms with van der Waals surface area (Å²) in [6, 6.07) is 34.6. The number of methoxy groups -OCH3 is 1. The van der Waals surface area contributed by atoms with Gasteiger partial charge in [-0.05, 0) is 110 Å². The van der Waals surface area contributed by atoms with Crippen molar-refractivity contribution in [3.63, 3.8) is 0 Å². The highest BCUT2D eigenvalue weighted by Crippen LogP contribution is 2.32. The quantitative estimate of drug-likeness (QED) is 0.0875. The van der Waals surface area contributed by atoms with Crippen LogP contribution in [0.3, 0.4) is 0 Å². The number of thiazole rings is 2. The zero-order chi connectivity index (χ0) is 45.8. The first-order chi connectivity index (χ1) is 32.1. The normalized spacial score (nSPS) is 12.7. The molecule has 4 aromatic carbocycles. The van der Waals surface area contributed by atoms with Crippen LogP contribution in [-0.2, 0) is 6.54 Å². The number of aryl methyl sites for hydroxylation is 2. The van der Waals surface area contributed by atoms with Gasteiger partial charge in [-0.15, -0.1) is 22.7 Å². The van der Waals surface area contributed by atoms with Crippen LogP contribution in [0.2, 0.25) is 0 Å². The third-order valence-corrected chi connectivity index (χ3v) is 12.5. The van der Waals surface area contributed by atoms with Crippen molar-refractivity contribution in [3.8, 4) is 28.3 Å². The molecule has 1 aliphatic rings. The summed E-state index contributed by atoms with van der Waals surface area (Å²) in [4.78, 5) is 47.5. The van der Waals surface area contributed by atoms with E-state index >= 15 is 0 Å². The Morgan fingerprint density at radius 2 is 1.21 bits per heavy atom. The Balaban J connectivity index is 0.000000188. The lowest BCUT2D eigenvalue weighted by Crippen LogP contribution is -2.43. The summed E-state index contributed by atoms with van der Waals surface area (Å²) in [5.41, 5.74) is 11.5. The van der Waals surface area contributed by atoms with Crippen LogP contribution in [0, 0.1) is 13.8 Å². The fraction of sp³-hybridized carbons (Fsp3) is 0.176. The Bertz CT molecular complexity index is 2880. The van der Waals surface area contributed by atoms with Crippen molar-refractivity contribution < 1.29 is 14.3 Å². The van der Waals surface area contributed by atoms with E-state index in [0.717, 1.165) is 99.4 Å². The SMILES string of the molecule is COc1cccc(-c2csc(Nc3cc(NC(=O)c4ccc(CN5CCN(C)CC5)cc4)ccc3C)n2)c1.Cc1ccc(NC(=O)c2ccncc2)cc1Nc1nc(-c2cccnc2)cs1. The number of ether oxygens (including phenoxy) is 1. The van der Waals surface area contributed by atoms with E-state index < -0.39 is 0 Å². The average Bonchev–Trinajstić information content (AvgIpc) is 4.03. The standard InChI is InChI=1S/C30H33N5O2S.C21H17N5OS/c1-21-7-12-25(18-27(21)32-30-33-28(20-38-30)24-5-4-6-26(17-24)37-3)31-29(36)23-10-8-22(9-11-23)19-35-15-13-34(2)14-16-35;1-14-4-5-17(24-20(27)15-6-9-22-10-7-15)11-18(14)25-21-26-19(13-28-21)16-3-2-8-23-12-16/h4-12,17-18,20H,13-16,19H2,1-3H3,(H,31,36)(H,32,33);2-13H,1H3,(H,24,27)(H,25,26). The van der Waals surface area contributed by atoms with Crippen molar-refractivity contribution in [2.24, 2.45) is 0 Å². The summed E-state index contributed by atoms with van der Waals surface area (Å²) >= 11 is 3.06. The molecule has 66 heavy (non-hydrogen) atoms. The van der Waals surface area contributed by atoms with Crippen LogP contribution in [0.25, 0.3) is 22.5 Å². The zero-order valence-corrected chi connectivity index (χ0v) is 38.7. The van der Waals surface area contributed by atoms with Gasteiger partial charge in [-0.1, -0.05) is 36.4 Å². The Labute approximate surface area is 392 Å². The van der Waals surface area contributed by atoms with Crippen LogP contribution >= 0.6 is 22.7 Å². The number of carbonyl (C=O) groups excluding carboxylic acids is 2. The summed E-state index contributed by atoms with van der Waals surface area (Å²) in [5.74, 6) is 0.500. The summed E-state index contributed by atoms with van der Waals surface area (Å²) < 4.78 is 5.33. The predicted molar refractivity (Wildman–Crippen MR) is 268 cm³/mol. The van der Waals surface area contributed by atoms with Gasteiger partial charge in [0.2, 0.25) is 0 Å². The number of piperazine rings is 1. The summed E-state index contributed by atoms with van der Waals surface area (Å²) in [6.45, 7) is 9.30. The van der Waals surface area contributed by atoms with E-state index in [0.29, 0.717) is 16.8 Å². The Hall–Kier alpha value is -7.30. The summed E-state index contributed by atoms with van der Waals surface area (Å²) in [5, 5.41) is 18.3. The molecule has 13 nitrogen and oxygen atoms in total. The molecule has 8 aromatic rings. The Morgan fingerprint density at radius 3 is 1.79 bits per heavy atom. The lowest BCUT2D eigenvalue weighted by atomic mass is 10.1. The number of benzene rings is 4. The molecule has 0 unspecified atom stereocenters. The molecule has 0 atom stereocenters. The van der Waals surface area contributed by atoms with Crippen LogP contribution in [0.5, 0.6) is 5.75 Å². The van der Waals surface area contributed by atoms with Gasteiger partial charge in [0.25, 0.3) is 11.8 Å². The number of carbonyl (C=O) groups is 2. The number of hydrogen-bond acceptors (Lipinski definition) is 13. The van der Waals surface area contributed by atoms with E-state index in [4.69, 9.17) is 9.72 Å². The molecular formula is C51H50N10O3S2. The van der Waals surface area contributed by atoms with Gasteiger partial charge in [0, 0.05) is 113 Å². The molecule has 5 heterocycles. The minimum Gasteiger partial charge on any atom is -0.497 e. The first-order valence-corrected chi connectivity index (χ1v) is 23.2. The number of nitrogens with zero attached hydrogens (tertiary/aromatic N) is 6. The van der Waals surface area contributed by atoms with Gasteiger partial charge in [-0.3, -0.25) is 24.5 Å². The number of aromatic nitrogens is 4. The molecule has 0 saturated carbocycles. The highest BCUT2D eigenvalue weighted by atomic mass is 32.1. The van der Waals surface area contributed by atoms with E-state index in [2.05, 4.69) is 65.2 Å². The van der Waals surface area contributed by atoms with E-state index in [9.17, 15) is 9.59 Å². The van der Waals surface area contributed by atoms with Gasteiger partial charge in [0.1, 0.15) is 5.75 Å². The monoisotopic (exact) mass is 914 g/mol. The highest BCUT2D eigenvalue weighted by Gasteiger charge is 2.16. The minimum absolute atomic E-state index is 0.125. The topological polar surface area (TPSA) is 150 Å². The van der Waals surface area contributed by atoms with Gasteiger partial charge in [0.05, 0.1) is 18.5 Å². The molecule has 1 fully saturated rings. The zero-order valence-electron chi connectivity index (χ0n) is 37.1. The van der Waals surface area contributed by atoms with Crippen molar-refractivity contribution in [1.29, 1.82) is 0 Å². The molecule has 334 valence electrons. The van der Waals surface area contributed by atoms with Crippen molar-refractivity contribution in [2.45, 2.75) is 20.4 Å². The second-order valence-corrected chi connectivity index (χ2v) is 17.5. The van der Waals surface area contributed by atoms with Crippen LogP contribution in [0.15, 0.2) is 145 Å². The first kappa shape index (κ1) is 45.3. The molecule has 9 rings (SSSR count). The Morgan fingerprint density at radius 1 is 0.636 bits per heavy atom. The van der Waals surface area contributed by atoms with Crippen LogP contribution in [0.1, 0.15) is 37.4 Å². The molecule has 4 N–H and O–H groups in total. The van der Waals surface area contributed by atoms with E-state index in [1.807, 2.05) is 110 Å². The number of nitrogens with one attached hydrogen (secondary N) is 4. The van der Waals surface area contributed by atoms with Gasteiger partial charge in [-0.2, -0.15) is 0 Å². The van der Waals surface area contributed by atoms with E-state index in [-0.39, 0.29) is 11.8 Å². The van der Waals surface area contributed by atoms with Crippen LogP contribution in [-0.4, -0.2) is 81.9 Å². The van der Waals surface area contributed by atoms with Crippen molar-refractivity contribution in [2.75, 3.05) is 61.6 Å². The van der Waals surface area contributed by atoms with Gasteiger partial charge >= 0.3 is 0 Å². The molecule has 0 bridgehead atoms. The second kappa shape index (κ2) is 21.6. The molecule has 15 heteroatoms. The molecule has 0 radical (unpaired) electrons. The summed E-state index contributed by atoms with van der Waals surface area (Å²) in [7, 11) is 3.82. The third kappa shape index (κ3) is 12.1. The maximum Gasteiger partial charge on any atom is 0.255 e. The van der Waals surface area contributed by atoms with Crippen molar-refractivity contribution >= 4 is 67.5 Å². The molecule has 1 saturated heterocycles. The fourth-order valence-corrected chi connectivity index (χ4v) is 8.52.